The molecule has 1 heterocycles. The van der Waals surface area contributed by atoms with Gasteiger partial charge in [-0.3, -0.25) is 4.39 Å². The summed E-state index contributed by atoms with van der Waals surface area (Å²) in [5.74, 6) is 1.27. The van der Waals surface area contributed by atoms with Crippen molar-refractivity contribution >= 4 is 11.5 Å². The van der Waals surface area contributed by atoms with Gasteiger partial charge in [0.05, 0.1) is 12.2 Å². The van der Waals surface area contributed by atoms with Crippen LogP contribution in [-0.2, 0) is 12.8 Å². The van der Waals surface area contributed by atoms with Crippen molar-refractivity contribution in [3.63, 3.8) is 0 Å². The summed E-state index contributed by atoms with van der Waals surface area (Å²) in [6, 6.07) is 15.0. The Balaban J connectivity index is 1.43. The number of carboxylic acids is 1. The highest BCUT2D eigenvalue weighted by Crippen LogP contribution is 2.43. The van der Waals surface area contributed by atoms with E-state index in [-0.39, 0.29) is 6.67 Å². The van der Waals surface area contributed by atoms with E-state index in [9.17, 15) is 14.3 Å². The SMILES string of the molecule is C[C@H]1CC[C@H](C2=C(c3ccc(CC4CN(CCCF)C4)cc3)c3ccc(C(=O)O)cc3CCC2)CC1. The van der Waals surface area contributed by atoms with Crippen LogP contribution >= 0.6 is 0 Å². The molecule has 1 saturated heterocycles. The lowest BCUT2D eigenvalue weighted by atomic mass is 9.75. The molecule has 192 valence electrons. The van der Waals surface area contributed by atoms with Crippen LogP contribution in [0.25, 0.3) is 5.57 Å². The number of hydrogen-bond donors (Lipinski definition) is 1. The first-order valence-electron chi connectivity index (χ1n) is 14.0. The lowest BCUT2D eigenvalue weighted by Crippen LogP contribution is -2.47. The Labute approximate surface area is 215 Å². The van der Waals surface area contributed by atoms with Crippen LogP contribution in [0, 0.1) is 17.8 Å². The largest absolute Gasteiger partial charge is 0.478 e. The number of likely N-dealkylation sites (tertiary alicyclic amines) is 1. The molecule has 3 aliphatic rings. The van der Waals surface area contributed by atoms with E-state index in [2.05, 4.69) is 42.2 Å². The highest BCUT2D eigenvalue weighted by molar-refractivity contribution is 5.90. The van der Waals surface area contributed by atoms with Gasteiger partial charge in [-0.05, 0) is 103 Å². The van der Waals surface area contributed by atoms with Crippen molar-refractivity contribution in [3.8, 4) is 0 Å². The molecule has 0 atom stereocenters. The number of allylic oxidation sites excluding steroid dienone is 1. The number of aryl methyl sites for hydroxylation is 1. The second kappa shape index (κ2) is 11.3. The van der Waals surface area contributed by atoms with Crippen LogP contribution in [0.1, 0.15) is 84.5 Å². The fourth-order valence-electron chi connectivity index (χ4n) is 6.72. The van der Waals surface area contributed by atoms with Gasteiger partial charge in [0.1, 0.15) is 0 Å². The minimum Gasteiger partial charge on any atom is -0.478 e. The minimum absolute atomic E-state index is 0.221. The van der Waals surface area contributed by atoms with Gasteiger partial charge >= 0.3 is 5.97 Å². The molecule has 3 nitrogen and oxygen atoms in total. The van der Waals surface area contributed by atoms with Gasteiger partial charge in [0, 0.05) is 19.6 Å². The summed E-state index contributed by atoms with van der Waals surface area (Å²) in [6.45, 7) is 5.20. The number of fused-ring (bicyclic) bond motifs is 1. The van der Waals surface area contributed by atoms with Crippen molar-refractivity contribution in [2.24, 2.45) is 17.8 Å². The first kappa shape index (κ1) is 25.2. The molecule has 2 aliphatic carbocycles. The molecule has 0 aromatic heterocycles. The van der Waals surface area contributed by atoms with Crippen LogP contribution in [0.4, 0.5) is 4.39 Å². The highest BCUT2D eigenvalue weighted by atomic mass is 19.1. The van der Waals surface area contributed by atoms with Crippen LogP contribution in [0.3, 0.4) is 0 Å². The molecule has 36 heavy (non-hydrogen) atoms. The maximum atomic E-state index is 12.4. The molecule has 0 radical (unpaired) electrons. The zero-order valence-electron chi connectivity index (χ0n) is 21.6. The fourth-order valence-corrected chi connectivity index (χ4v) is 6.72. The monoisotopic (exact) mass is 489 g/mol. The Kier molecular flexibility index (Phi) is 7.90. The smallest absolute Gasteiger partial charge is 0.335 e. The average molecular weight is 490 g/mol. The summed E-state index contributed by atoms with van der Waals surface area (Å²) in [7, 11) is 0. The number of halogens is 1. The topological polar surface area (TPSA) is 40.5 Å². The first-order valence-corrected chi connectivity index (χ1v) is 14.0. The maximum absolute atomic E-state index is 12.4. The zero-order valence-corrected chi connectivity index (χ0v) is 21.6. The van der Waals surface area contributed by atoms with E-state index in [1.807, 2.05) is 6.07 Å². The summed E-state index contributed by atoms with van der Waals surface area (Å²) in [5.41, 5.74) is 8.41. The van der Waals surface area contributed by atoms with Crippen molar-refractivity contribution in [1.82, 2.24) is 4.90 Å². The second-order valence-electron chi connectivity index (χ2n) is 11.5. The Hall–Kier alpha value is -2.46. The van der Waals surface area contributed by atoms with Crippen molar-refractivity contribution in [2.45, 2.75) is 64.7 Å². The first-order chi connectivity index (χ1) is 17.5. The van der Waals surface area contributed by atoms with Crippen LogP contribution in [0.2, 0.25) is 0 Å². The second-order valence-corrected chi connectivity index (χ2v) is 11.5. The summed E-state index contributed by atoms with van der Waals surface area (Å²) >= 11 is 0. The van der Waals surface area contributed by atoms with Crippen molar-refractivity contribution in [3.05, 3.63) is 75.9 Å². The number of aromatic carboxylic acids is 1. The molecule has 0 spiro atoms. The molecule has 0 amide bonds. The number of carbonyl (C=O) groups is 1. The molecule has 0 bridgehead atoms. The summed E-state index contributed by atoms with van der Waals surface area (Å²) < 4.78 is 12.4. The van der Waals surface area contributed by atoms with Gasteiger partial charge in [0.25, 0.3) is 0 Å². The van der Waals surface area contributed by atoms with Gasteiger partial charge in [-0.2, -0.15) is 0 Å². The Bertz CT molecular complexity index is 1090. The maximum Gasteiger partial charge on any atom is 0.335 e. The predicted octanol–water partition coefficient (Wildman–Crippen LogP) is 7.18. The van der Waals surface area contributed by atoms with Crippen LogP contribution in [-0.4, -0.2) is 42.3 Å². The number of carboxylic acid groups (broad SMARTS) is 1. The normalized spacial score (nSPS) is 23.2. The molecular formula is C32H40FNO2. The standard InChI is InChI=1S/C32H40FNO2/c1-22-6-10-25(11-7-22)29-5-2-4-27-19-28(32(35)36)14-15-30(27)31(29)26-12-8-23(9-13-26)18-24-20-34(21-24)17-3-16-33/h8-9,12-15,19,22,24-25H,2-7,10-11,16-18,20-21H2,1H3,(H,35,36)/t22-,25-. The Morgan fingerprint density at radius 2 is 1.78 bits per heavy atom. The quantitative estimate of drug-likeness (QED) is 0.427. The van der Waals surface area contributed by atoms with E-state index < -0.39 is 5.97 Å². The van der Waals surface area contributed by atoms with Crippen LogP contribution < -0.4 is 0 Å². The number of alkyl halides is 1. The molecule has 2 fully saturated rings. The Morgan fingerprint density at radius 3 is 2.47 bits per heavy atom. The molecule has 2 aromatic carbocycles. The van der Waals surface area contributed by atoms with E-state index in [0.29, 0.717) is 23.8 Å². The van der Waals surface area contributed by atoms with Crippen molar-refractivity contribution in [2.75, 3.05) is 26.3 Å². The summed E-state index contributed by atoms with van der Waals surface area (Å²) in [5, 5.41) is 9.58. The fraction of sp³-hybridized carbons (Fsp3) is 0.531. The van der Waals surface area contributed by atoms with Crippen LogP contribution in [0.5, 0.6) is 0 Å². The van der Waals surface area contributed by atoms with Gasteiger partial charge in [-0.25, -0.2) is 4.79 Å². The number of benzene rings is 2. The molecule has 1 saturated carbocycles. The van der Waals surface area contributed by atoms with E-state index >= 15 is 0 Å². The van der Waals surface area contributed by atoms with Gasteiger partial charge < -0.3 is 10.0 Å². The lowest BCUT2D eigenvalue weighted by molar-refractivity contribution is 0.0696. The van der Waals surface area contributed by atoms with Gasteiger partial charge in [-0.15, -0.1) is 0 Å². The predicted molar refractivity (Wildman–Crippen MR) is 144 cm³/mol. The Morgan fingerprint density at radius 1 is 1.03 bits per heavy atom. The van der Waals surface area contributed by atoms with E-state index in [1.165, 1.54) is 53.5 Å². The molecule has 5 rings (SSSR count). The minimum atomic E-state index is -0.849. The third-order valence-corrected chi connectivity index (χ3v) is 8.75. The third-order valence-electron chi connectivity index (χ3n) is 8.75. The van der Waals surface area contributed by atoms with Gasteiger partial charge in [-0.1, -0.05) is 55.7 Å². The van der Waals surface area contributed by atoms with Gasteiger partial charge in [0.15, 0.2) is 0 Å². The number of nitrogens with zero attached hydrogens (tertiary/aromatic N) is 1. The van der Waals surface area contributed by atoms with Crippen LogP contribution in [0.15, 0.2) is 48.0 Å². The zero-order chi connectivity index (χ0) is 25.1. The third kappa shape index (κ3) is 5.59. The number of rotatable bonds is 8. The van der Waals surface area contributed by atoms with Gasteiger partial charge in [0.2, 0.25) is 0 Å². The number of hydrogen-bond acceptors (Lipinski definition) is 2. The molecule has 1 aliphatic heterocycles. The lowest BCUT2D eigenvalue weighted by Gasteiger charge is -2.39. The summed E-state index contributed by atoms with van der Waals surface area (Å²) in [4.78, 5) is 14.0. The molecule has 0 unspecified atom stereocenters. The average Bonchev–Trinajstić information content (AvgIpc) is 3.05. The van der Waals surface area contributed by atoms with Crippen molar-refractivity contribution in [1.29, 1.82) is 0 Å². The van der Waals surface area contributed by atoms with E-state index in [1.54, 1.807) is 11.6 Å². The molecular weight excluding hydrogens is 449 g/mol. The molecule has 1 N–H and O–H groups in total. The molecule has 2 aromatic rings. The summed E-state index contributed by atoms with van der Waals surface area (Å²) in [6.07, 6.45) is 9.98. The van der Waals surface area contributed by atoms with Crippen molar-refractivity contribution < 1.29 is 14.3 Å². The molecule has 4 heteroatoms. The highest BCUT2D eigenvalue weighted by Gasteiger charge is 2.29. The van der Waals surface area contributed by atoms with E-state index in [0.717, 1.165) is 51.2 Å². The van der Waals surface area contributed by atoms with E-state index in [4.69, 9.17) is 0 Å².